The first-order chi connectivity index (χ1) is 5.15. The predicted molar refractivity (Wildman–Crippen MR) is 41.9 cm³/mol. The van der Waals surface area contributed by atoms with Gasteiger partial charge in [-0.3, -0.25) is 0 Å². The number of nitrogens with two attached hydrogens (primary N) is 2. The second-order valence-electron chi connectivity index (χ2n) is 3.01. The van der Waals surface area contributed by atoms with Crippen molar-refractivity contribution in [3.05, 3.63) is 0 Å². The van der Waals surface area contributed by atoms with Gasteiger partial charge in [0.1, 0.15) is 0 Å². The van der Waals surface area contributed by atoms with Crippen LogP contribution in [0.2, 0.25) is 0 Å². The molecule has 1 aliphatic heterocycles. The van der Waals surface area contributed by atoms with Gasteiger partial charge in [-0.2, -0.15) is 0 Å². The highest BCUT2D eigenvalue weighted by molar-refractivity contribution is 4.83. The van der Waals surface area contributed by atoms with Crippen molar-refractivity contribution in [2.24, 2.45) is 11.5 Å². The Morgan fingerprint density at radius 2 is 2.00 bits per heavy atom. The van der Waals surface area contributed by atoms with Crippen LogP contribution in [0.25, 0.3) is 0 Å². The molecule has 4 nitrogen and oxygen atoms in total. The molecule has 0 aliphatic carbocycles. The van der Waals surface area contributed by atoms with Crippen molar-refractivity contribution < 1.29 is 9.47 Å². The Morgan fingerprint density at radius 1 is 1.36 bits per heavy atom. The van der Waals surface area contributed by atoms with Crippen LogP contribution in [0.4, 0.5) is 0 Å². The van der Waals surface area contributed by atoms with Crippen molar-refractivity contribution in [2.75, 3.05) is 7.11 Å². The third kappa shape index (κ3) is 1.90. The molecule has 4 unspecified atom stereocenters. The van der Waals surface area contributed by atoms with Crippen LogP contribution >= 0.6 is 0 Å². The van der Waals surface area contributed by atoms with Gasteiger partial charge < -0.3 is 20.9 Å². The lowest BCUT2D eigenvalue weighted by Crippen LogP contribution is -2.53. The van der Waals surface area contributed by atoms with E-state index in [1.807, 2.05) is 6.92 Å². The fraction of sp³-hybridized carbons (Fsp3) is 1.00. The molecule has 0 spiro atoms. The molecule has 1 saturated heterocycles. The van der Waals surface area contributed by atoms with Gasteiger partial charge >= 0.3 is 0 Å². The van der Waals surface area contributed by atoms with Crippen molar-refractivity contribution in [3.63, 3.8) is 0 Å². The molecule has 66 valence electrons. The second kappa shape index (κ2) is 3.49. The van der Waals surface area contributed by atoms with Gasteiger partial charge in [-0.05, 0) is 13.3 Å². The maximum absolute atomic E-state index is 5.73. The van der Waals surface area contributed by atoms with Crippen LogP contribution in [0.5, 0.6) is 0 Å². The minimum absolute atomic E-state index is 0.0383. The van der Waals surface area contributed by atoms with Gasteiger partial charge in [0.2, 0.25) is 0 Å². The highest BCUT2D eigenvalue weighted by Crippen LogP contribution is 2.17. The van der Waals surface area contributed by atoms with Crippen LogP contribution in [-0.2, 0) is 9.47 Å². The molecule has 0 saturated carbocycles. The Morgan fingerprint density at radius 3 is 2.55 bits per heavy atom. The minimum atomic E-state index is -0.287. The first kappa shape index (κ1) is 8.93. The van der Waals surface area contributed by atoms with Gasteiger partial charge in [-0.25, -0.2) is 0 Å². The molecule has 11 heavy (non-hydrogen) atoms. The first-order valence-corrected chi connectivity index (χ1v) is 3.84. The Kier molecular flexibility index (Phi) is 2.84. The highest BCUT2D eigenvalue weighted by Gasteiger charge is 2.31. The Labute approximate surface area is 66.8 Å². The number of rotatable bonds is 1. The molecule has 4 N–H and O–H groups in total. The molecule has 4 atom stereocenters. The highest BCUT2D eigenvalue weighted by atomic mass is 16.7. The van der Waals surface area contributed by atoms with Gasteiger partial charge in [0, 0.05) is 13.2 Å². The molecule has 0 bridgehead atoms. The van der Waals surface area contributed by atoms with Gasteiger partial charge in [-0.15, -0.1) is 0 Å². The van der Waals surface area contributed by atoms with E-state index in [0.717, 1.165) is 6.42 Å². The average molecular weight is 160 g/mol. The molecule has 0 amide bonds. The molecule has 1 rings (SSSR count). The SMILES string of the molecule is COC1OC(C)C(N)CC1N. The summed E-state index contributed by atoms with van der Waals surface area (Å²) in [5.74, 6) is 0. The molecule has 0 aromatic heterocycles. The zero-order valence-corrected chi connectivity index (χ0v) is 6.99. The Hall–Kier alpha value is -0.160. The predicted octanol–water partition coefficient (Wildman–Crippen LogP) is -0.578. The first-order valence-electron chi connectivity index (χ1n) is 3.84. The van der Waals surface area contributed by atoms with E-state index in [9.17, 15) is 0 Å². The van der Waals surface area contributed by atoms with Crippen LogP contribution in [-0.4, -0.2) is 31.6 Å². The smallest absolute Gasteiger partial charge is 0.172 e. The monoisotopic (exact) mass is 160 g/mol. The second-order valence-corrected chi connectivity index (χ2v) is 3.01. The fourth-order valence-corrected chi connectivity index (χ4v) is 1.26. The third-order valence-corrected chi connectivity index (χ3v) is 2.08. The molecular weight excluding hydrogens is 144 g/mol. The average Bonchev–Trinajstić information content (AvgIpc) is 1.97. The lowest BCUT2D eigenvalue weighted by molar-refractivity contribution is -0.189. The van der Waals surface area contributed by atoms with Gasteiger partial charge in [0.05, 0.1) is 12.1 Å². The maximum Gasteiger partial charge on any atom is 0.172 e. The molecular formula is C7H16N2O2. The Balaban J connectivity index is 2.48. The van der Waals surface area contributed by atoms with E-state index < -0.39 is 0 Å². The van der Waals surface area contributed by atoms with Crippen LogP contribution in [0.15, 0.2) is 0 Å². The van der Waals surface area contributed by atoms with Crippen LogP contribution in [0, 0.1) is 0 Å². The molecule has 1 heterocycles. The maximum atomic E-state index is 5.73. The molecule has 4 heteroatoms. The molecule has 0 aromatic carbocycles. The van der Waals surface area contributed by atoms with Gasteiger partial charge in [0.15, 0.2) is 6.29 Å². The van der Waals surface area contributed by atoms with Crippen molar-refractivity contribution in [2.45, 2.75) is 37.8 Å². The zero-order valence-electron chi connectivity index (χ0n) is 6.99. The number of methoxy groups -OCH3 is 1. The Bertz CT molecular complexity index is 132. The van der Waals surface area contributed by atoms with E-state index in [0.29, 0.717) is 0 Å². The van der Waals surface area contributed by atoms with Crippen LogP contribution in [0.3, 0.4) is 0 Å². The van der Waals surface area contributed by atoms with Crippen LogP contribution in [0.1, 0.15) is 13.3 Å². The van der Waals surface area contributed by atoms with E-state index in [1.54, 1.807) is 7.11 Å². The van der Waals surface area contributed by atoms with Gasteiger partial charge in [-0.1, -0.05) is 0 Å². The van der Waals surface area contributed by atoms with Crippen molar-refractivity contribution in [3.8, 4) is 0 Å². The molecule has 1 fully saturated rings. The summed E-state index contributed by atoms with van der Waals surface area (Å²) in [5, 5.41) is 0. The summed E-state index contributed by atoms with van der Waals surface area (Å²) in [7, 11) is 1.59. The molecule has 1 aliphatic rings. The minimum Gasteiger partial charge on any atom is -0.354 e. The van der Waals surface area contributed by atoms with Crippen molar-refractivity contribution in [1.29, 1.82) is 0 Å². The summed E-state index contributed by atoms with van der Waals surface area (Å²) >= 11 is 0. The quantitative estimate of drug-likeness (QED) is 0.538. The number of ether oxygens (including phenoxy) is 2. The summed E-state index contributed by atoms with van der Waals surface area (Å²) in [6.45, 7) is 1.93. The summed E-state index contributed by atoms with van der Waals surface area (Å²) in [5.41, 5.74) is 11.4. The summed E-state index contributed by atoms with van der Waals surface area (Å²) in [6, 6.07) is -0.0531. The molecule has 0 aromatic rings. The third-order valence-electron chi connectivity index (χ3n) is 2.08. The van der Waals surface area contributed by atoms with E-state index >= 15 is 0 Å². The summed E-state index contributed by atoms with van der Waals surface area (Å²) in [6.07, 6.45) is 0.518. The fourth-order valence-electron chi connectivity index (χ4n) is 1.26. The largest absolute Gasteiger partial charge is 0.354 e. The summed E-state index contributed by atoms with van der Waals surface area (Å²) < 4.78 is 10.4. The standard InChI is InChI=1S/C7H16N2O2/c1-4-5(8)3-6(9)7(10-2)11-4/h4-7H,3,8-9H2,1-2H3. The van der Waals surface area contributed by atoms with E-state index in [2.05, 4.69) is 0 Å². The molecule has 0 radical (unpaired) electrons. The lowest BCUT2D eigenvalue weighted by Gasteiger charge is -2.35. The normalized spacial score (nSPS) is 45.8. The van der Waals surface area contributed by atoms with E-state index in [-0.39, 0.29) is 24.5 Å². The topological polar surface area (TPSA) is 70.5 Å². The zero-order chi connectivity index (χ0) is 8.43. The van der Waals surface area contributed by atoms with Crippen LogP contribution < -0.4 is 11.5 Å². The van der Waals surface area contributed by atoms with Gasteiger partial charge in [0.25, 0.3) is 0 Å². The number of hydrogen-bond acceptors (Lipinski definition) is 4. The summed E-state index contributed by atoms with van der Waals surface area (Å²) in [4.78, 5) is 0. The number of hydrogen-bond donors (Lipinski definition) is 2. The van der Waals surface area contributed by atoms with E-state index in [4.69, 9.17) is 20.9 Å². The van der Waals surface area contributed by atoms with Crippen molar-refractivity contribution >= 4 is 0 Å². The van der Waals surface area contributed by atoms with E-state index in [1.165, 1.54) is 0 Å². The van der Waals surface area contributed by atoms with Crippen molar-refractivity contribution in [1.82, 2.24) is 0 Å². The lowest BCUT2D eigenvalue weighted by atomic mass is 10.0.